The molecule has 0 bridgehead atoms. The Morgan fingerprint density at radius 3 is 0.947 bits per heavy atom. The molecule has 2 atom stereocenters. The van der Waals surface area contributed by atoms with E-state index in [0.29, 0.717) is 0 Å². The van der Waals surface area contributed by atoms with Gasteiger partial charge in [-0.1, -0.05) is 0 Å². The van der Waals surface area contributed by atoms with Crippen LogP contribution in [-0.4, -0.2) is 95.8 Å². The van der Waals surface area contributed by atoms with Crippen LogP contribution in [0.2, 0.25) is 124 Å². The molecule has 38 heavy (non-hydrogen) atoms. The lowest BCUT2D eigenvalue weighted by molar-refractivity contribution is 0.292. The molecule has 8 nitrogen and oxygen atoms in total. The SMILES string of the molecule is CO[Si](C)(C)O[SiH](C)O[Si](C)(C)C.C[SiH](C)O[SiH](C)O[Si](C)(C)O[SiH](C)C.C[SiH](C)O[Si](C)(C)O[SiH](C)C. The monoisotopic (exact) mass is 714 g/mol. The molecular weight excluding hydrogens is 649 g/mol. The predicted molar refractivity (Wildman–Crippen MR) is 192 cm³/mol. The summed E-state index contributed by atoms with van der Waals surface area (Å²) in [6, 6.07) is 0. The van der Waals surface area contributed by atoms with E-state index in [1.807, 2.05) is 13.1 Å². The minimum absolute atomic E-state index is 0.895. The summed E-state index contributed by atoms with van der Waals surface area (Å²) in [5, 5.41) is 0. The van der Waals surface area contributed by atoms with Gasteiger partial charge in [0, 0.05) is 7.11 Å². The van der Waals surface area contributed by atoms with Crippen molar-refractivity contribution in [3.05, 3.63) is 0 Å². The quantitative estimate of drug-likeness (QED) is 0.212. The Kier molecular flexibility index (Phi) is 24.1. The second-order valence-electron chi connectivity index (χ2n) is 12.7. The van der Waals surface area contributed by atoms with Crippen LogP contribution in [-0.2, 0) is 33.2 Å². The Hall–Kier alpha value is 1.85. The summed E-state index contributed by atoms with van der Waals surface area (Å²) in [4.78, 5) is 0. The van der Waals surface area contributed by atoms with E-state index in [4.69, 9.17) is 33.2 Å². The smallest absolute Gasteiger partial charge is 0.322 e. The van der Waals surface area contributed by atoms with Gasteiger partial charge in [0.25, 0.3) is 18.6 Å². The van der Waals surface area contributed by atoms with Crippen LogP contribution in [0.3, 0.4) is 0 Å². The Morgan fingerprint density at radius 2 is 0.684 bits per heavy atom. The lowest BCUT2D eigenvalue weighted by Crippen LogP contribution is -2.44. The Bertz CT molecular complexity index is 579. The maximum Gasteiger partial charge on any atom is 0.322 e. The molecule has 18 heteroatoms. The van der Waals surface area contributed by atoms with Crippen molar-refractivity contribution in [3.8, 4) is 0 Å². The largest absolute Gasteiger partial charge is 0.442 e. The number of hydrogen-bond acceptors (Lipinski definition) is 8. The van der Waals surface area contributed by atoms with Crippen LogP contribution < -0.4 is 0 Å². The van der Waals surface area contributed by atoms with Crippen molar-refractivity contribution < 1.29 is 33.2 Å². The highest BCUT2D eigenvalue weighted by Crippen LogP contribution is 2.13. The highest BCUT2D eigenvalue weighted by Gasteiger charge is 2.30. The first kappa shape index (κ1) is 44.3. The highest BCUT2D eigenvalue weighted by atomic mass is 28.5. The molecule has 0 amide bonds. The molecule has 0 radical (unpaired) electrons. The van der Waals surface area contributed by atoms with Crippen molar-refractivity contribution >= 4 is 88.7 Å². The van der Waals surface area contributed by atoms with E-state index in [9.17, 15) is 0 Å². The average molecular weight is 716 g/mol. The minimum Gasteiger partial charge on any atom is -0.442 e. The zero-order valence-corrected chi connectivity index (χ0v) is 39.7. The molecule has 0 saturated carbocycles. The van der Waals surface area contributed by atoms with Gasteiger partial charge >= 0.3 is 25.7 Å². The Balaban J connectivity index is -0.000000487. The van der Waals surface area contributed by atoms with E-state index in [0.717, 1.165) is 0 Å². The van der Waals surface area contributed by atoms with Gasteiger partial charge < -0.3 is 33.2 Å². The summed E-state index contributed by atoms with van der Waals surface area (Å²) in [5.41, 5.74) is 0. The van der Waals surface area contributed by atoms with E-state index in [2.05, 4.69) is 111 Å². The summed E-state index contributed by atoms with van der Waals surface area (Å²) in [6.45, 7) is 40.9. The standard InChI is InChI=1S/C7H24O3Si4.C7H22O3Si3.C6H20O2Si3/c1-11(2)8-13(5)10-14(6,7)9-12(3)4;1-8-13(6,7)10-11(2)9-12(3,4)5;1-9(2)7-11(5,6)8-10(3)4/h11-13H,1-7H3;11H,1-7H3;9-10H,1-6H3. The normalized spacial score (nSPS) is 14.8. The van der Waals surface area contributed by atoms with Crippen molar-refractivity contribution in [2.24, 2.45) is 0 Å². The topological polar surface area (TPSA) is 73.8 Å². The number of rotatable bonds is 15. The zero-order chi connectivity index (χ0) is 31.1. The first-order valence-corrected chi connectivity index (χ1v) is 41.2. The maximum atomic E-state index is 5.96. The van der Waals surface area contributed by atoms with Gasteiger partial charge in [0.05, 0.1) is 0 Å². The fourth-order valence-corrected chi connectivity index (χ4v) is 33.8. The Morgan fingerprint density at radius 1 is 0.368 bits per heavy atom. The van der Waals surface area contributed by atoms with Gasteiger partial charge in [0.15, 0.2) is 44.5 Å². The first-order chi connectivity index (χ1) is 16.7. The third kappa shape index (κ3) is 34.1. The van der Waals surface area contributed by atoms with Crippen LogP contribution in [0.15, 0.2) is 0 Å². The van der Waals surface area contributed by atoms with Crippen molar-refractivity contribution in [2.75, 3.05) is 7.11 Å². The van der Waals surface area contributed by atoms with E-state index in [1.54, 1.807) is 7.11 Å². The Labute approximate surface area is 252 Å². The van der Waals surface area contributed by atoms with Crippen LogP contribution in [0.1, 0.15) is 0 Å². The summed E-state index contributed by atoms with van der Waals surface area (Å²) < 4.78 is 46.4. The second kappa shape index (κ2) is 20.7. The average Bonchev–Trinajstić information content (AvgIpc) is 2.55. The lowest BCUT2D eigenvalue weighted by atomic mass is 11.8. The fraction of sp³-hybridized carbons (Fsp3) is 1.00. The number of hydrogen-bond donors (Lipinski definition) is 0. The maximum absolute atomic E-state index is 5.96. The molecule has 0 aromatic carbocycles. The molecule has 0 aliphatic rings. The van der Waals surface area contributed by atoms with Gasteiger partial charge in [-0.2, -0.15) is 0 Å². The molecule has 0 rings (SSSR count). The van der Waals surface area contributed by atoms with Gasteiger partial charge in [-0.15, -0.1) is 0 Å². The molecule has 0 aromatic heterocycles. The highest BCUT2D eigenvalue weighted by molar-refractivity contribution is 6.80. The van der Waals surface area contributed by atoms with Gasteiger partial charge in [-0.25, -0.2) is 0 Å². The van der Waals surface area contributed by atoms with E-state index in [-0.39, 0.29) is 0 Å². The van der Waals surface area contributed by atoms with Crippen molar-refractivity contribution in [2.45, 2.75) is 124 Å². The predicted octanol–water partition coefficient (Wildman–Crippen LogP) is 5.30. The molecule has 0 saturated heterocycles. The summed E-state index contributed by atoms with van der Waals surface area (Å²) in [6.07, 6.45) is 0. The summed E-state index contributed by atoms with van der Waals surface area (Å²) in [5.74, 6) is 0. The summed E-state index contributed by atoms with van der Waals surface area (Å²) >= 11 is 0. The summed E-state index contributed by atoms with van der Waals surface area (Å²) in [7, 11) is -11.8. The molecule has 0 spiro atoms. The van der Waals surface area contributed by atoms with Gasteiger partial charge in [-0.3, -0.25) is 0 Å². The van der Waals surface area contributed by atoms with Crippen LogP contribution in [0.25, 0.3) is 0 Å². The van der Waals surface area contributed by atoms with Crippen LogP contribution in [0.4, 0.5) is 0 Å². The third-order valence-corrected chi connectivity index (χ3v) is 32.4. The van der Waals surface area contributed by atoms with E-state index in [1.165, 1.54) is 0 Å². The van der Waals surface area contributed by atoms with Crippen LogP contribution in [0, 0.1) is 0 Å². The van der Waals surface area contributed by atoms with Gasteiger partial charge in [0.2, 0.25) is 0 Å². The molecule has 0 heterocycles. The molecule has 0 fully saturated rings. The van der Waals surface area contributed by atoms with Gasteiger partial charge in [0.1, 0.15) is 0 Å². The van der Waals surface area contributed by atoms with Crippen molar-refractivity contribution in [3.63, 3.8) is 0 Å². The minimum atomic E-state index is -1.88. The fourth-order valence-electron chi connectivity index (χ4n) is 3.54. The molecule has 0 aliphatic heterocycles. The van der Waals surface area contributed by atoms with Gasteiger partial charge in [-0.05, 0) is 124 Å². The van der Waals surface area contributed by atoms with Crippen LogP contribution in [0.5, 0.6) is 0 Å². The molecule has 234 valence electrons. The van der Waals surface area contributed by atoms with Crippen LogP contribution >= 0.6 is 0 Å². The molecule has 0 aromatic rings. The van der Waals surface area contributed by atoms with E-state index < -0.39 is 88.7 Å². The molecule has 0 N–H and O–H groups in total. The first-order valence-electron chi connectivity index (χ1n) is 14.0. The molecule has 0 aliphatic carbocycles. The van der Waals surface area contributed by atoms with E-state index >= 15 is 0 Å². The third-order valence-electron chi connectivity index (χ3n) is 3.93. The molecular formula is C20H66O8Si10. The molecule has 2 unspecified atom stereocenters. The van der Waals surface area contributed by atoms with Crippen molar-refractivity contribution in [1.29, 1.82) is 0 Å². The second-order valence-corrected chi connectivity index (χ2v) is 43.1. The lowest BCUT2D eigenvalue weighted by Gasteiger charge is -2.29. The zero-order valence-electron chi connectivity index (χ0n) is 28.7. The van der Waals surface area contributed by atoms with Crippen molar-refractivity contribution in [1.82, 2.24) is 0 Å².